The molecule has 1 aromatic carbocycles. The van der Waals surface area contributed by atoms with E-state index in [9.17, 15) is 9.59 Å². The van der Waals surface area contributed by atoms with Crippen molar-refractivity contribution in [2.24, 2.45) is 0 Å². The number of amides is 2. The zero-order valence-corrected chi connectivity index (χ0v) is 16.0. The molecule has 2 heterocycles. The number of pyridine rings is 1. The van der Waals surface area contributed by atoms with E-state index in [0.717, 1.165) is 11.4 Å². The van der Waals surface area contributed by atoms with Crippen LogP contribution >= 0.6 is 0 Å². The lowest BCUT2D eigenvalue weighted by atomic mass is 10.2. The Kier molecular flexibility index (Phi) is 5.59. The highest BCUT2D eigenvalue weighted by Crippen LogP contribution is 2.20. The maximum atomic E-state index is 12.8. The minimum atomic E-state index is -0.0355. The molecule has 0 radical (unpaired) electrons. The summed E-state index contributed by atoms with van der Waals surface area (Å²) in [5.41, 5.74) is 2.61. The predicted octanol–water partition coefficient (Wildman–Crippen LogP) is 2.20. The quantitative estimate of drug-likeness (QED) is 0.897. The Hall–Kier alpha value is -3.09. The van der Waals surface area contributed by atoms with Gasteiger partial charge in [0.15, 0.2) is 0 Å². The minimum Gasteiger partial charge on any atom is -0.378 e. The number of anilines is 3. The van der Waals surface area contributed by atoms with Crippen LogP contribution in [0.5, 0.6) is 0 Å². The second kappa shape index (κ2) is 8.07. The predicted molar refractivity (Wildman–Crippen MR) is 106 cm³/mol. The van der Waals surface area contributed by atoms with Gasteiger partial charge in [-0.25, -0.2) is 4.98 Å². The molecule has 0 atom stereocenters. The van der Waals surface area contributed by atoms with Crippen LogP contribution < -0.4 is 10.2 Å². The van der Waals surface area contributed by atoms with Crippen molar-refractivity contribution in [2.45, 2.75) is 6.92 Å². The van der Waals surface area contributed by atoms with Crippen LogP contribution in [0.25, 0.3) is 0 Å². The highest BCUT2D eigenvalue weighted by Gasteiger charge is 2.23. The fourth-order valence-corrected chi connectivity index (χ4v) is 3.03. The van der Waals surface area contributed by atoms with Crippen molar-refractivity contribution in [3.05, 3.63) is 48.2 Å². The van der Waals surface area contributed by atoms with Gasteiger partial charge in [0.1, 0.15) is 5.82 Å². The maximum Gasteiger partial charge on any atom is 0.254 e. The average molecular weight is 367 g/mol. The lowest BCUT2D eigenvalue weighted by Crippen LogP contribution is -2.50. The summed E-state index contributed by atoms with van der Waals surface area (Å²) in [4.78, 5) is 34.1. The first kappa shape index (κ1) is 18.7. The van der Waals surface area contributed by atoms with Gasteiger partial charge in [-0.15, -0.1) is 0 Å². The van der Waals surface area contributed by atoms with E-state index < -0.39 is 0 Å². The third-order valence-corrected chi connectivity index (χ3v) is 4.68. The smallest absolute Gasteiger partial charge is 0.254 e. The minimum absolute atomic E-state index is 0.0355. The fourth-order valence-electron chi connectivity index (χ4n) is 3.03. The van der Waals surface area contributed by atoms with Gasteiger partial charge in [-0.3, -0.25) is 9.59 Å². The van der Waals surface area contributed by atoms with E-state index in [0.29, 0.717) is 37.6 Å². The number of aromatic nitrogens is 1. The van der Waals surface area contributed by atoms with E-state index >= 15 is 0 Å². The topological polar surface area (TPSA) is 68.8 Å². The Morgan fingerprint density at radius 3 is 2.22 bits per heavy atom. The summed E-state index contributed by atoms with van der Waals surface area (Å²) in [7, 11) is 3.99. The van der Waals surface area contributed by atoms with Crippen molar-refractivity contribution >= 4 is 29.0 Å². The number of hydrogen-bond acceptors (Lipinski definition) is 5. The fraction of sp³-hybridized carbons (Fsp3) is 0.350. The number of hydrogen-bond donors (Lipinski definition) is 1. The van der Waals surface area contributed by atoms with E-state index in [1.54, 1.807) is 35.1 Å². The Morgan fingerprint density at radius 1 is 1.00 bits per heavy atom. The highest BCUT2D eigenvalue weighted by atomic mass is 16.2. The Morgan fingerprint density at radius 2 is 1.63 bits per heavy atom. The van der Waals surface area contributed by atoms with Gasteiger partial charge in [-0.05, 0) is 36.4 Å². The summed E-state index contributed by atoms with van der Waals surface area (Å²) in [6.07, 6.45) is 1.63. The molecule has 1 aliphatic rings. The number of nitrogens with zero attached hydrogens (tertiary/aromatic N) is 4. The molecule has 1 N–H and O–H groups in total. The third kappa shape index (κ3) is 4.55. The van der Waals surface area contributed by atoms with Gasteiger partial charge in [0.05, 0.1) is 0 Å². The molecule has 1 fully saturated rings. The summed E-state index contributed by atoms with van der Waals surface area (Å²) in [5, 5.41) is 3.24. The number of piperazine rings is 1. The zero-order chi connectivity index (χ0) is 19.4. The molecule has 142 valence electrons. The van der Waals surface area contributed by atoms with Crippen LogP contribution in [0, 0.1) is 0 Å². The second-order valence-electron chi connectivity index (χ2n) is 6.79. The SMILES string of the molecule is CC(=O)N1CCN(C(=O)c2ccnc(Nc3ccc(N(C)C)cc3)c2)CC1. The Labute approximate surface area is 159 Å². The normalized spacial score (nSPS) is 14.0. The summed E-state index contributed by atoms with van der Waals surface area (Å²) in [6, 6.07) is 11.5. The number of nitrogens with one attached hydrogen (secondary N) is 1. The van der Waals surface area contributed by atoms with Crippen LogP contribution in [-0.2, 0) is 4.79 Å². The number of carbonyl (C=O) groups excluding carboxylic acids is 2. The maximum absolute atomic E-state index is 12.8. The van der Waals surface area contributed by atoms with Crippen molar-refractivity contribution < 1.29 is 9.59 Å². The van der Waals surface area contributed by atoms with Gasteiger partial charge in [0.25, 0.3) is 5.91 Å². The van der Waals surface area contributed by atoms with E-state index in [1.165, 1.54) is 0 Å². The van der Waals surface area contributed by atoms with E-state index in [2.05, 4.69) is 10.3 Å². The van der Waals surface area contributed by atoms with Crippen molar-refractivity contribution in [1.29, 1.82) is 0 Å². The van der Waals surface area contributed by atoms with Gasteiger partial charge in [-0.1, -0.05) is 0 Å². The third-order valence-electron chi connectivity index (χ3n) is 4.68. The van der Waals surface area contributed by atoms with Gasteiger partial charge < -0.3 is 20.0 Å². The number of benzene rings is 1. The van der Waals surface area contributed by atoms with Gasteiger partial charge >= 0.3 is 0 Å². The zero-order valence-electron chi connectivity index (χ0n) is 16.0. The molecule has 0 spiro atoms. The lowest BCUT2D eigenvalue weighted by molar-refractivity contribution is -0.130. The van der Waals surface area contributed by atoms with Crippen molar-refractivity contribution in [3.63, 3.8) is 0 Å². The van der Waals surface area contributed by atoms with E-state index in [4.69, 9.17) is 0 Å². The summed E-state index contributed by atoms with van der Waals surface area (Å²) >= 11 is 0. The van der Waals surface area contributed by atoms with Crippen molar-refractivity contribution in [3.8, 4) is 0 Å². The molecular formula is C20H25N5O2. The molecular weight excluding hydrogens is 342 g/mol. The van der Waals surface area contributed by atoms with Gasteiger partial charge in [0.2, 0.25) is 5.91 Å². The Balaban J connectivity index is 1.66. The van der Waals surface area contributed by atoms with Crippen LogP contribution in [0.4, 0.5) is 17.2 Å². The van der Waals surface area contributed by atoms with Crippen molar-refractivity contribution in [1.82, 2.24) is 14.8 Å². The lowest BCUT2D eigenvalue weighted by Gasteiger charge is -2.34. The Bertz CT molecular complexity index is 811. The van der Waals surface area contributed by atoms with Gasteiger partial charge in [-0.2, -0.15) is 0 Å². The molecule has 2 amide bonds. The molecule has 7 nitrogen and oxygen atoms in total. The second-order valence-corrected chi connectivity index (χ2v) is 6.79. The summed E-state index contributed by atoms with van der Waals surface area (Å²) in [6.45, 7) is 3.82. The molecule has 0 bridgehead atoms. The molecule has 1 aliphatic heterocycles. The molecule has 0 unspecified atom stereocenters. The van der Waals surface area contributed by atoms with Crippen LogP contribution in [0.2, 0.25) is 0 Å². The molecule has 1 saturated heterocycles. The van der Waals surface area contributed by atoms with Crippen LogP contribution in [0.1, 0.15) is 17.3 Å². The first-order valence-electron chi connectivity index (χ1n) is 8.99. The molecule has 7 heteroatoms. The first-order valence-corrected chi connectivity index (χ1v) is 8.99. The molecule has 0 aliphatic carbocycles. The van der Waals surface area contributed by atoms with E-state index in [-0.39, 0.29) is 11.8 Å². The average Bonchev–Trinajstić information content (AvgIpc) is 2.68. The highest BCUT2D eigenvalue weighted by molar-refractivity contribution is 5.95. The van der Waals surface area contributed by atoms with Gasteiger partial charge in [0, 0.05) is 70.3 Å². The summed E-state index contributed by atoms with van der Waals surface area (Å²) < 4.78 is 0. The van der Waals surface area contributed by atoms with Crippen LogP contribution in [-0.4, -0.2) is 66.9 Å². The van der Waals surface area contributed by atoms with Crippen LogP contribution in [0.3, 0.4) is 0 Å². The molecule has 2 aromatic rings. The number of rotatable bonds is 4. The number of carbonyl (C=O) groups is 2. The monoisotopic (exact) mass is 367 g/mol. The summed E-state index contributed by atoms with van der Waals surface area (Å²) in [5.74, 6) is 0.644. The molecule has 1 aromatic heterocycles. The van der Waals surface area contributed by atoms with Crippen LogP contribution in [0.15, 0.2) is 42.6 Å². The van der Waals surface area contributed by atoms with E-state index in [1.807, 2.05) is 43.3 Å². The molecule has 0 saturated carbocycles. The largest absolute Gasteiger partial charge is 0.378 e. The molecule has 27 heavy (non-hydrogen) atoms. The standard InChI is InChI=1S/C20H25N5O2/c1-15(26)24-10-12-25(13-11-24)20(27)16-8-9-21-19(14-16)22-17-4-6-18(7-5-17)23(2)3/h4-9,14H,10-13H2,1-3H3,(H,21,22). The first-order chi connectivity index (χ1) is 12.9. The van der Waals surface area contributed by atoms with Crippen molar-refractivity contribution in [2.75, 3.05) is 50.5 Å². The molecule has 3 rings (SSSR count).